The van der Waals surface area contributed by atoms with E-state index in [1.807, 2.05) is 68.4 Å². The van der Waals surface area contributed by atoms with Crippen LogP contribution in [0.1, 0.15) is 54.6 Å². The number of carbonyl (C=O) groups excluding carboxylic acids is 1. The van der Waals surface area contributed by atoms with E-state index in [1.165, 1.54) is 11.3 Å². The summed E-state index contributed by atoms with van der Waals surface area (Å²) in [7, 11) is 0. The minimum absolute atomic E-state index is 0.218. The van der Waals surface area contributed by atoms with Crippen molar-refractivity contribution >= 4 is 23.4 Å². The van der Waals surface area contributed by atoms with Crippen LogP contribution in [-0.2, 0) is 16.1 Å². The van der Waals surface area contributed by atoms with Crippen LogP contribution in [0.5, 0.6) is 11.5 Å². The van der Waals surface area contributed by atoms with Gasteiger partial charge in [-0.1, -0.05) is 59.4 Å². The summed E-state index contributed by atoms with van der Waals surface area (Å²) in [5.74, 6) is 0.635. The topological polar surface area (TPSA) is 103 Å². The molecule has 0 amide bonds. The van der Waals surface area contributed by atoms with Crippen LogP contribution in [0, 0.1) is 18.3 Å². The summed E-state index contributed by atoms with van der Waals surface area (Å²) in [4.78, 5) is 32.2. The Balaban J connectivity index is 1.53. The number of nitriles is 1. The molecule has 0 radical (unpaired) electrons. The van der Waals surface area contributed by atoms with Gasteiger partial charge in [0.2, 0.25) is 0 Å². The summed E-state index contributed by atoms with van der Waals surface area (Å²) in [5, 5.41) is 9.02. The minimum atomic E-state index is -0.657. The van der Waals surface area contributed by atoms with Gasteiger partial charge in [0.1, 0.15) is 6.61 Å². The van der Waals surface area contributed by atoms with Crippen molar-refractivity contribution in [3.8, 4) is 17.6 Å². The number of nitrogens with zero attached hydrogens (tertiary/aromatic N) is 3. The fourth-order valence-corrected chi connectivity index (χ4v) is 5.89. The van der Waals surface area contributed by atoms with E-state index in [4.69, 9.17) is 19.5 Å². The number of ether oxygens (including phenoxy) is 3. The third-order valence-corrected chi connectivity index (χ3v) is 7.94. The van der Waals surface area contributed by atoms with Gasteiger partial charge in [0.15, 0.2) is 16.3 Å². The maximum atomic E-state index is 13.9. The molecule has 1 atom stereocenters. The molecule has 43 heavy (non-hydrogen) atoms. The molecule has 0 aliphatic carbocycles. The van der Waals surface area contributed by atoms with Gasteiger partial charge in [-0.25, -0.2) is 9.79 Å². The molecule has 2 heterocycles. The molecule has 4 aromatic rings. The Morgan fingerprint density at radius 3 is 2.42 bits per heavy atom. The highest BCUT2D eigenvalue weighted by molar-refractivity contribution is 7.07. The Labute approximate surface area is 253 Å². The quantitative estimate of drug-likeness (QED) is 0.254. The normalized spacial score (nSPS) is 14.5. The molecule has 1 aromatic heterocycles. The largest absolute Gasteiger partial charge is 0.490 e. The van der Waals surface area contributed by atoms with Crippen molar-refractivity contribution in [3.05, 3.63) is 126 Å². The van der Waals surface area contributed by atoms with Crippen LogP contribution in [0.3, 0.4) is 0 Å². The molecule has 0 saturated carbocycles. The van der Waals surface area contributed by atoms with Gasteiger partial charge in [0, 0.05) is 0 Å². The SMILES string of the molecule is CCOC(=O)C1=C(C)N=c2s/c(=C\c3ccc(OCc4ccc(C#N)cc4)c(OCC)c3)c(=O)n2[C@H]1c1ccc(C)cc1. The molecule has 8 nitrogen and oxygen atoms in total. The second-order valence-electron chi connectivity index (χ2n) is 9.95. The summed E-state index contributed by atoms with van der Waals surface area (Å²) >= 11 is 1.27. The number of hydrogen-bond acceptors (Lipinski definition) is 8. The number of allylic oxidation sites excluding steroid dienone is 1. The van der Waals surface area contributed by atoms with Crippen LogP contribution in [-0.4, -0.2) is 23.8 Å². The maximum Gasteiger partial charge on any atom is 0.338 e. The Morgan fingerprint density at radius 1 is 1.00 bits per heavy atom. The van der Waals surface area contributed by atoms with E-state index in [1.54, 1.807) is 36.6 Å². The smallest absolute Gasteiger partial charge is 0.338 e. The van der Waals surface area contributed by atoms with Gasteiger partial charge in [-0.2, -0.15) is 5.26 Å². The highest BCUT2D eigenvalue weighted by atomic mass is 32.1. The summed E-state index contributed by atoms with van der Waals surface area (Å²) in [6.07, 6.45) is 1.80. The van der Waals surface area contributed by atoms with E-state index in [2.05, 4.69) is 11.1 Å². The molecule has 3 aromatic carbocycles. The third kappa shape index (κ3) is 6.30. The van der Waals surface area contributed by atoms with Crippen LogP contribution >= 0.6 is 11.3 Å². The van der Waals surface area contributed by atoms with Crippen LogP contribution in [0.25, 0.3) is 6.08 Å². The van der Waals surface area contributed by atoms with Gasteiger partial charge in [-0.05, 0) is 74.7 Å². The van der Waals surface area contributed by atoms with E-state index in [9.17, 15) is 9.59 Å². The molecule has 0 unspecified atom stereocenters. The molecular weight excluding hydrogens is 562 g/mol. The summed E-state index contributed by atoms with van der Waals surface area (Å²) in [6.45, 7) is 8.37. The van der Waals surface area contributed by atoms with Gasteiger partial charge in [-0.15, -0.1) is 0 Å². The monoisotopic (exact) mass is 593 g/mol. The Hall–Kier alpha value is -4.94. The van der Waals surface area contributed by atoms with Crippen molar-refractivity contribution in [1.29, 1.82) is 5.26 Å². The Bertz CT molecular complexity index is 1910. The number of thiazole rings is 1. The lowest BCUT2D eigenvalue weighted by atomic mass is 9.95. The molecule has 0 bridgehead atoms. The number of aryl methyl sites for hydroxylation is 1. The molecule has 1 aliphatic rings. The lowest BCUT2D eigenvalue weighted by molar-refractivity contribution is -0.139. The number of hydrogen-bond donors (Lipinski definition) is 0. The van der Waals surface area contributed by atoms with Gasteiger partial charge >= 0.3 is 5.97 Å². The number of carbonyl (C=O) groups is 1. The van der Waals surface area contributed by atoms with Crippen molar-refractivity contribution in [2.24, 2.45) is 4.99 Å². The highest BCUT2D eigenvalue weighted by Gasteiger charge is 2.33. The first-order valence-corrected chi connectivity index (χ1v) is 14.8. The number of esters is 1. The Morgan fingerprint density at radius 2 is 1.74 bits per heavy atom. The molecule has 218 valence electrons. The summed E-state index contributed by atoms with van der Waals surface area (Å²) < 4.78 is 19.3. The van der Waals surface area contributed by atoms with Gasteiger partial charge < -0.3 is 14.2 Å². The highest BCUT2D eigenvalue weighted by Crippen LogP contribution is 2.32. The van der Waals surface area contributed by atoms with E-state index in [0.717, 1.165) is 22.3 Å². The van der Waals surface area contributed by atoms with Crippen molar-refractivity contribution < 1.29 is 19.0 Å². The van der Waals surface area contributed by atoms with Gasteiger partial charge in [-0.3, -0.25) is 9.36 Å². The van der Waals surface area contributed by atoms with Crippen LogP contribution in [0.2, 0.25) is 0 Å². The molecule has 5 rings (SSSR count). The van der Waals surface area contributed by atoms with Crippen molar-refractivity contribution in [3.63, 3.8) is 0 Å². The van der Waals surface area contributed by atoms with Crippen molar-refractivity contribution in [2.45, 2.75) is 40.3 Å². The van der Waals surface area contributed by atoms with Crippen LogP contribution < -0.4 is 24.4 Å². The second kappa shape index (κ2) is 12.9. The number of aromatic nitrogens is 1. The lowest BCUT2D eigenvalue weighted by Gasteiger charge is -2.24. The lowest BCUT2D eigenvalue weighted by Crippen LogP contribution is -2.39. The van der Waals surface area contributed by atoms with Crippen LogP contribution in [0.15, 0.2) is 87.8 Å². The zero-order valence-electron chi connectivity index (χ0n) is 24.4. The summed E-state index contributed by atoms with van der Waals surface area (Å²) in [6, 6.07) is 22.0. The minimum Gasteiger partial charge on any atom is -0.490 e. The molecule has 0 spiro atoms. The summed E-state index contributed by atoms with van der Waals surface area (Å²) in [5.41, 5.74) is 4.78. The molecule has 0 N–H and O–H groups in total. The fourth-order valence-electron chi connectivity index (χ4n) is 4.85. The number of fused-ring (bicyclic) bond motifs is 1. The van der Waals surface area contributed by atoms with E-state index in [-0.39, 0.29) is 12.2 Å². The van der Waals surface area contributed by atoms with Crippen molar-refractivity contribution in [2.75, 3.05) is 13.2 Å². The first-order chi connectivity index (χ1) is 20.8. The third-order valence-electron chi connectivity index (χ3n) is 6.95. The average Bonchev–Trinajstić information content (AvgIpc) is 3.30. The molecule has 0 saturated heterocycles. The molecular formula is C34H31N3O5S. The van der Waals surface area contributed by atoms with Gasteiger partial charge in [0.25, 0.3) is 5.56 Å². The van der Waals surface area contributed by atoms with Crippen LogP contribution in [0.4, 0.5) is 0 Å². The maximum absolute atomic E-state index is 13.9. The molecule has 9 heteroatoms. The number of rotatable bonds is 9. The predicted molar refractivity (Wildman–Crippen MR) is 165 cm³/mol. The predicted octanol–water partition coefficient (Wildman–Crippen LogP) is 4.96. The molecule has 1 aliphatic heterocycles. The Kier molecular flexibility index (Phi) is 8.88. The van der Waals surface area contributed by atoms with Crippen molar-refractivity contribution in [1.82, 2.24) is 4.57 Å². The molecule has 0 fully saturated rings. The second-order valence-corrected chi connectivity index (χ2v) is 11.0. The van der Waals surface area contributed by atoms with Gasteiger partial charge in [0.05, 0.1) is 46.7 Å². The average molecular weight is 594 g/mol. The zero-order valence-corrected chi connectivity index (χ0v) is 25.2. The fraction of sp³-hybridized carbons (Fsp3) is 0.235. The number of benzene rings is 3. The first-order valence-electron chi connectivity index (χ1n) is 14.0. The van der Waals surface area contributed by atoms with E-state index < -0.39 is 12.0 Å². The van der Waals surface area contributed by atoms with E-state index in [0.29, 0.717) is 50.9 Å². The standard InChI is InChI=1S/C34H31N3O5S/c1-5-40-28-17-25(13-16-27(28)42-20-24-11-9-23(19-35)10-12-24)18-29-32(38)37-31(26-14-7-21(3)8-15-26)30(33(39)41-6-2)22(4)36-34(37)43-29/h7-18,31H,5-6,20H2,1-4H3/b29-18-/t31-/m0/s1. The zero-order chi connectivity index (χ0) is 30.5. The van der Waals surface area contributed by atoms with E-state index >= 15 is 0 Å². The first kappa shape index (κ1) is 29.5.